The topological polar surface area (TPSA) is 46.5 Å². The summed E-state index contributed by atoms with van der Waals surface area (Å²) >= 11 is 0. The third-order valence-corrected chi connectivity index (χ3v) is 2.76. The van der Waals surface area contributed by atoms with Crippen LogP contribution >= 0.6 is 0 Å². The van der Waals surface area contributed by atoms with Gasteiger partial charge in [0.1, 0.15) is 11.5 Å². The molecular weight excluding hydrogens is 247 g/mol. The van der Waals surface area contributed by atoms with Crippen LogP contribution in [-0.4, -0.2) is 11.1 Å². The lowest BCUT2D eigenvalue weighted by atomic mass is 9.98. The maximum Gasteiger partial charge on any atom is 0.345 e. The van der Waals surface area contributed by atoms with E-state index >= 15 is 0 Å². The van der Waals surface area contributed by atoms with Crippen LogP contribution in [0.5, 0.6) is 11.5 Å². The molecule has 0 spiro atoms. The molecule has 19 heavy (non-hydrogen) atoms. The molecule has 2 rings (SSSR count). The van der Waals surface area contributed by atoms with Gasteiger partial charge in [0.25, 0.3) is 0 Å². The van der Waals surface area contributed by atoms with E-state index in [2.05, 4.69) is 0 Å². The zero-order chi connectivity index (χ0) is 13.9. The first-order valence-electron chi connectivity index (χ1n) is 5.76. The van der Waals surface area contributed by atoms with Crippen LogP contribution in [0.15, 0.2) is 54.6 Å². The van der Waals surface area contributed by atoms with Crippen LogP contribution in [0.3, 0.4) is 0 Å². The molecule has 0 fully saturated rings. The van der Waals surface area contributed by atoms with E-state index in [1.807, 2.05) is 18.2 Å². The fraction of sp³-hybridized carbons (Fsp3) is 0.133. The highest BCUT2D eigenvalue weighted by atomic mass is 19.1. The second-order valence-corrected chi connectivity index (χ2v) is 4.25. The first-order chi connectivity index (χ1) is 9.00. The number of alkyl halides is 1. The molecule has 98 valence electrons. The van der Waals surface area contributed by atoms with E-state index in [0.29, 0.717) is 11.5 Å². The fourth-order valence-corrected chi connectivity index (χ4v) is 1.60. The van der Waals surface area contributed by atoms with Gasteiger partial charge in [0.2, 0.25) is 5.67 Å². The molecule has 0 aliphatic heterocycles. The number of carboxylic acids is 1. The Kier molecular flexibility index (Phi) is 3.51. The Balaban J connectivity index is 2.28. The first kappa shape index (κ1) is 13.1. The number of hydrogen-bond donors (Lipinski definition) is 1. The quantitative estimate of drug-likeness (QED) is 0.910. The molecule has 0 heterocycles. The van der Waals surface area contributed by atoms with Crippen LogP contribution in [0.2, 0.25) is 0 Å². The number of carbonyl (C=O) groups is 1. The smallest absolute Gasteiger partial charge is 0.345 e. The molecule has 2 aromatic rings. The zero-order valence-electron chi connectivity index (χ0n) is 10.3. The van der Waals surface area contributed by atoms with Crippen LogP contribution < -0.4 is 4.74 Å². The van der Waals surface area contributed by atoms with E-state index in [-0.39, 0.29) is 5.56 Å². The SMILES string of the molecule is C[C@@](F)(C(=O)O)c1cccc(Oc2ccccc2)c1. The van der Waals surface area contributed by atoms with Crippen LogP contribution in [0.25, 0.3) is 0 Å². The van der Waals surface area contributed by atoms with Gasteiger partial charge < -0.3 is 9.84 Å². The molecule has 1 N–H and O–H groups in total. The zero-order valence-corrected chi connectivity index (χ0v) is 10.3. The van der Waals surface area contributed by atoms with Crippen LogP contribution in [0.4, 0.5) is 4.39 Å². The Morgan fingerprint density at radius 3 is 2.37 bits per heavy atom. The molecule has 0 aliphatic carbocycles. The van der Waals surface area contributed by atoms with Crippen LogP contribution in [0, 0.1) is 0 Å². The molecule has 2 aromatic carbocycles. The Hall–Kier alpha value is -2.36. The molecule has 3 nitrogen and oxygen atoms in total. The molecule has 0 bridgehead atoms. The summed E-state index contributed by atoms with van der Waals surface area (Å²) in [6.07, 6.45) is 0. The Labute approximate surface area is 110 Å². The van der Waals surface area contributed by atoms with Gasteiger partial charge in [0.15, 0.2) is 0 Å². The highest BCUT2D eigenvalue weighted by molar-refractivity contribution is 5.78. The number of benzene rings is 2. The minimum absolute atomic E-state index is 0.0495. The maximum atomic E-state index is 14.0. The van der Waals surface area contributed by atoms with Crippen molar-refractivity contribution in [3.05, 3.63) is 60.2 Å². The molecular formula is C15H13FO3. The summed E-state index contributed by atoms with van der Waals surface area (Å²) in [4.78, 5) is 10.9. The summed E-state index contributed by atoms with van der Waals surface area (Å²) in [5.74, 6) is -0.520. The standard InChI is InChI=1S/C15H13FO3/c1-15(16,14(17)18)11-6-5-9-13(10-11)19-12-7-3-2-4-8-12/h2-10H,1H3,(H,17,18)/t15-/m0/s1. The van der Waals surface area contributed by atoms with Gasteiger partial charge in [-0.1, -0.05) is 30.3 Å². The number of halogens is 1. The monoisotopic (exact) mass is 260 g/mol. The molecule has 1 atom stereocenters. The van der Waals surface area contributed by atoms with Gasteiger partial charge in [0, 0.05) is 5.56 Å². The van der Waals surface area contributed by atoms with E-state index in [4.69, 9.17) is 9.84 Å². The molecule has 0 amide bonds. The molecule has 4 heteroatoms. The minimum Gasteiger partial charge on any atom is -0.479 e. The average Bonchev–Trinajstić information content (AvgIpc) is 2.40. The summed E-state index contributed by atoms with van der Waals surface area (Å²) in [5, 5.41) is 8.86. The minimum atomic E-state index is -2.43. The summed E-state index contributed by atoms with van der Waals surface area (Å²) in [6, 6.07) is 15.0. The van der Waals surface area contributed by atoms with Crippen molar-refractivity contribution in [3.8, 4) is 11.5 Å². The van der Waals surface area contributed by atoms with Crippen molar-refractivity contribution in [1.82, 2.24) is 0 Å². The van der Waals surface area contributed by atoms with Gasteiger partial charge in [-0.15, -0.1) is 0 Å². The summed E-state index contributed by atoms with van der Waals surface area (Å²) < 4.78 is 19.5. The molecule has 0 radical (unpaired) electrons. The summed E-state index contributed by atoms with van der Waals surface area (Å²) in [6.45, 7) is 1.01. The fourth-order valence-electron chi connectivity index (χ4n) is 1.60. The maximum absolute atomic E-state index is 14.0. The lowest BCUT2D eigenvalue weighted by Crippen LogP contribution is -2.26. The lowest BCUT2D eigenvalue weighted by Gasteiger charge is -2.16. The van der Waals surface area contributed by atoms with Gasteiger partial charge in [-0.05, 0) is 31.2 Å². The molecule has 0 aliphatic rings. The first-order valence-corrected chi connectivity index (χ1v) is 5.76. The van der Waals surface area contributed by atoms with Crippen molar-refractivity contribution in [1.29, 1.82) is 0 Å². The number of para-hydroxylation sites is 1. The number of aliphatic carboxylic acids is 1. The number of carboxylic acid groups (broad SMARTS) is 1. The highest BCUT2D eigenvalue weighted by Gasteiger charge is 2.35. The normalized spacial score (nSPS) is 13.6. The second kappa shape index (κ2) is 5.10. The number of ether oxygens (including phenoxy) is 1. The van der Waals surface area contributed by atoms with Gasteiger partial charge in [-0.2, -0.15) is 0 Å². The predicted octanol–water partition coefficient (Wildman–Crippen LogP) is 3.75. The van der Waals surface area contributed by atoms with Gasteiger partial charge >= 0.3 is 5.97 Å². The van der Waals surface area contributed by atoms with E-state index < -0.39 is 11.6 Å². The van der Waals surface area contributed by atoms with Crippen molar-refractivity contribution >= 4 is 5.97 Å². The molecule has 0 saturated heterocycles. The van der Waals surface area contributed by atoms with Crippen molar-refractivity contribution in [2.45, 2.75) is 12.6 Å². The van der Waals surface area contributed by atoms with E-state index in [9.17, 15) is 9.18 Å². The Bertz CT molecular complexity index is 579. The third kappa shape index (κ3) is 2.91. The predicted molar refractivity (Wildman–Crippen MR) is 69.1 cm³/mol. The van der Waals surface area contributed by atoms with Gasteiger partial charge in [0.05, 0.1) is 0 Å². The Morgan fingerprint density at radius 2 is 1.74 bits per heavy atom. The summed E-state index contributed by atoms with van der Waals surface area (Å²) in [7, 11) is 0. The molecule has 0 unspecified atom stereocenters. The molecule has 0 saturated carbocycles. The Morgan fingerprint density at radius 1 is 1.11 bits per heavy atom. The largest absolute Gasteiger partial charge is 0.479 e. The highest BCUT2D eigenvalue weighted by Crippen LogP contribution is 2.30. The number of rotatable bonds is 4. The van der Waals surface area contributed by atoms with Crippen molar-refractivity contribution in [2.75, 3.05) is 0 Å². The lowest BCUT2D eigenvalue weighted by molar-refractivity contribution is -0.150. The molecule has 0 aromatic heterocycles. The van der Waals surface area contributed by atoms with E-state index in [1.165, 1.54) is 12.1 Å². The van der Waals surface area contributed by atoms with E-state index in [0.717, 1.165) is 6.92 Å². The van der Waals surface area contributed by atoms with Gasteiger partial charge in [-0.3, -0.25) is 0 Å². The van der Waals surface area contributed by atoms with Crippen LogP contribution in [0.1, 0.15) is 12.5 Å². The second-order valence-electron chi connectivity index (χ2n) is 4.25. The number of hydrogen-bond acceptors (Lipinski definition) is 2. The average molecular weight is 260 g/mol. The third-order valence-electron chi connectivity index (χ3n) is 2.76. The summed E-state index contributed by atoms with van der Waals surface area (Å²) in [5.41, 5.74) is -2.38. The van der Waals surface area contributed by atoms with Crippen molar-refractivity contribution in [2.24, 2.45) is 0 Å². The van der Waals surface area contributed by atoms with Crippen LogP contribution in [-0.2, 0) is 10.5 Å². The van der Waals surface area contributed by atoms with E-state index in [1.54, 1.807) is 24.3 Å². The van der Waals surface area contributed by atoms with Gasteiger partial charge in [-0.25, -0.2) is 9.18 Å². The van der Waals surface area contributed by atoms with Crippen molar-refractivity contribution < 1.29 is 19.0 Å². The van der Waals surface area contributed by atoms with Crippen molar-refractivity contribution in [3.63, 3.8) is 0 Å².